The first kappa shape index (κ1) is 16.5. The summed E-state index contributed by atoms with van der Waals surface area (Å²) in [7, 11) is 0. The molecule has 6 nitrogen and oxygen atoms in total. The summed E-state index contributed by atoms with van der Waals surface area (Å²) in [5, 5.41) is 8.76. The van der Waals surface area contributed by atoms with E-state index in [1.807, 2.05) is 6.07 Å². The lowest BCUT2D eigenvalue weighted by Gasteiger charge is -2.11. The molecule has 0 bridgehead atoms. The van der Waals surface area contributed by atoms with E-state index in [1.54, 1.807) is 20.8 Å². The lowest BCUT2D eigenvalue weighted by atomic mass is 10.1. The Labute approximate surface area is 123 Å². The third-order valence-corrected chi connectivity index (χ3v) is 2.42. The van der Waals surface area contributed by atoms with Gasteiger partial charge in [0.05, 0.1) is 24.3 Å². The topological polar surface area (TPSA) is 85.6 Å². The van der Waals surface area contributed by atoms with E-state index in [4.69, 9.17) is 19.5 Å². The molecule has 112 valence electrons. The van der Waals surface area contributed by atoms with E-state index in [9.17, 15) is 9.59 Å². The molecule has 0 amide bonds. The molecule has 1 aromatic carbocycles. The Bertz CT molecular complexity index is 525. The van der Waals surface area contributed by atoms with Crippen LogP contribution >= 0.6 is 0 Å². The maximum atomic E-state index is 11.8. The molecule has 0 aliphatic rings. The second kappa shape index (κ2) is 7.90. The molecule has 0 spiro atoms. The molecular weight excluding hydrogens is 274 g/mol. The van der Waals surface area contributed by atoms with Crippen molar-refractivity contribution >= 4 is 11.9 Å². The molecule has 0 heterocycles. The molecular formula is C15H17NO5. The van der Waals surface area contributed by atoms with Gasteiger partial charge >= 0.3 is 11.9 Å². The van der Waals surface area contributed by atoms with Gasteiger partial charge in [-0.05, 0) is 39.0 Å². The summed E-state index contributed by atoms with van der Waals surface area (Å²) in [5.41, 5.74) is 0.338. The number of nitriles is 1. The molecule has 0 radical (unpaired) electrons. The van der Waals surface area contributed by atoms with Gasteiger partial charge in [0.25, 0.3) is 0 Å². The maximum absolute atomic E-state index is 11.8. The van der Waals surface area contributed by atoms with Crippen molar-refractivity contribution in [1.82, 2.24) is 0 Å². The zero-order valence-corrected chi connectivity index (χ0v) is 12.2. The first-order valence-electron chi connectivity index (χ1n) is 6.57. The highest BCUT2D eigenvalue weighted by molar-refractivity contribution is 5.96. The number of carbonyl (C=O) groups is 2. The molecule has 0 N–H and O–H groups in total. The fourth-order valence-electron chi connectivity index (χ4n) is 1.56. The van der Waals surface area contributed by atoms with Gasteiger partial charge in [0, 0.05) is 0 Å². The molecule has 0 aromatic heterocycles. The number of carbonyl (C=O) groups excluding carboxylic acids is 2. The summed E-state index contributed by atoms with van der Waals surface area (Å²) in [5.74, 6) is -0.908. The van der Waals surface area contributed by atoms with E-state index < -0.39 is 18.0 Å². The first-order chi connectivity index (χ1) is 10.0. The van der Waals surface area contributed by atoms with Gasteiger partial charge < -0.3 is 14.2 Å². The van der Waals surface area contributed by atoms with Crippen LogP contribution in [0.3, 0.4) is 0 Å². The Balaban J connectivity index is 3.16. The van der Waals surface area contributed by atoms with Gasteiger partial charge in [-0.1, -0.05) is 0 Å². The Morgan fingerprint density at radius 1 is 1.10 bits per heavy atom. The number of benzene rings is 1. The van der Waals surface area contributed by atoms with Gasteiger partial charge in [-0.15, -0.1) is 0 Å². The van der Waals surface area contributed by atoms with Crippen molar-refractivity contribution in [2.24, 2.45) is 0 Å². The second-order valence-electron chi connectivity index (χ2n) is 4.08. The summed E-state index contributed by atoms with van der Waals surface area (Å²) in [6.07, 6.45) is -0.711. The summed E-state index contributed by atoms with van der Waals surface area (Å²) in [4.78, 5) is 23.6. The summed E-state index contributed by atoms with van der Waals surface area (Å²) in [6, 6.07) is 6.13. The molecule has 1 atom stereocenters. The highest BCUT2D eigenvalue weighted by atomic mass is 16.5. The van der Waals surface area contributed by atoms with Crippen LogP contribution in [-0.4, -0.2) is 31.3 Å². The third kappa shape index (κ3) is 4.80. The van der Waals surface area contributed by atoms with Crippen LogP contribution in [0.15, 0.2) is 18.2 Å². The quantitative estimate of drug-likeness (QED) is 0.748. The van der Waals surface area contributed by atoms with Crippen molar-refractivity contribution in [3.8, 4) is 11.8 Å². The van der Waals surface area contributed by atoms with Crippen LogP contribution in [0, 0.1) is 11.3 Å². The van der Waals surface area contributed by atoms with Crippen molar-refractivity contribution in [3.63, 3.8) is 0 Å². The average molecular weight is 291 g/mol. The van der Waals surface area contributed by atoms with Crippen LogP contribution in [0.25, 0.3) is 0 Å². The molecule has 0 aliphatic heterocycles. The number of rotatable bonds is 6. The van der Waals surface area contributed by atoms with E-state index in [-0.39, 0.29) is 30.1 Å². The summed E-state index contributed by atoms with van der Waals surface area (Å²) < 4.78 is 15.1. The van der Waals surface area contributed by atoms with Crippen molar-refractivity contribution in [2.75, 3.05) is 13.2 Å². The Morgan fingerprint density at radius 3 is 1.95 bits per heavy atom. The van der Waals surface area contributed by atoms with Crippen LogP contribution in [0.4, 0.5) is 0 Å². The molecule has 0 fully saturated rings. The van der Waals surface area contributed by atoms with Crippen molar-refractivity contribution < 1.29 is 23.8 Å². The zero-order valence-electron chi connectivity index (χ0n) is 12.2. The number of nitrogens with zero attached hydrogens (tertiary/aromatic N) is 1. The minimum absolute atomic E-state index is 0.169. The first-order valence-corrected chi connectivity index (χ1v) is 6.57. The van der Waals surface area contributed by atoms with E-state index >= 15 is 0 Å². The van der Waals surface area contributed by atoms with Crippen LogP contribution in [0.1, 0.15) is 41.5 Å². The van der Waals surface area contributed by atoms with Crippen LogP contribution in [-0.2, 0) is 9.47 Å². The molecule has 0 saturated heterocycles. The molecule has 6 heteroatoms. The minimum Gasteiger partial charge on any atom is -0.476 e. The van der Waals surface area contributed by atoms with Crippen LogP contribution < -0.4 is 4.74 Å². The Kier molecular flexibility index (Phi) is 6.21. The molecule has 0 aliphatic carbocycles. The molecule has 21 heavy (non-hydrogen) atoms. The molecule has 0 saturated carbocycles. The van der Waals surface area contributed by atoms with E-state index in [1.165, 1.54) is 18.2 Å². The third-order valence-electron chi connectivity index (χ3n) is 2.42. The zero-order chi connectivity index (χ0) is 15.8. The van der Waals surface area contributed by atoms with E-state index in [0.717, 1.165) is 0 Å². The average Bonchev–Trinajstić information content (AvgIpc) is 2.47. The predicted octanol–water partition coefficient (Wildman–Crippen LogP) is 2.33. The molecule has 1 aromatic rings. The monoisotopic (exact) mass is 291 g/mol. The SMILES string of the molecule is CCOC(=O)c1cc(O[C@@H](C)C#N)cc(C(=O)OCC)c1. The normalized spacial score (nSPS) is 11.1. The fourth-order valence-corrected chi connectivity index (χ4v) is 1.56. The van der Waals surface area contributed by atoms with Gasteiger partial charge in [0.2, 0.25) is 0 Å². The smallest absolute Gasteiger partial charge is 0.338 e. The maximum Gasteiger partial charge on any atom is 0.338 e. The van der Waals surface area contributed by atoms with Crippen molar-refractivity contribution in [3.05, 3.63) is 29.3 Å². The number of esters is 2. The second-order valence-corrected chi connectivity index (χ2v) is 4.08. The highest BCUT2D eigenvalue weighted by Gasteiger charge is 2.16. The minimum atomic E-state index is -0.711. The largest absolute Gasteiger partial charge is 0.476 e. The van der Waals surface area contributed by atoms with Gasteiger partial charge in [0.1, 0.15) is 11.8 Å². The number of hydrogen-bond donors (Lipinski definition) is 0. The number of ether oxygens (including phenoxy) is 3. The van der Waals surface area contributed by atoms with Crippen LogP contribution in [0.2, 0.25) is 0 Å². The fraction of sp³-hybridized carbons (Fsp3) is 0.400. The summed E-state index contributed by atoms with van der Waals surface area (Å²) in [6.45, 7) is 5.35. The summed E-state index contributed by atoms with van der Waals surface area (Å²) >= 11 is 0. The van der Waals surface area contributed by atoms with Gasteiger partial charge in [-0.25, -0.2) is 9.59 Å². The molecule has 1 rings (SSSR count). The lowest BCUT2D eigenvalue weighted by molar-refractivity contribution is 0.0524. The lowest BCUT2D eigenvalue weighted by Crippen LogP contribution is -2.12. The van der Waals surface area contributed by atoms with Crippen molar-refractivity contribution in [2.45, 2.75) is 26.9 Å². The Hall–Kier alpha value is -2.55. The van der Waals surface area contributed by atoms with Crippen LogP contribution in [0.5, 0.6) is 5.75 Å². The number of hydrogen-bond acceptors (Lipinski definition) is 6. The highest BCUT2D eigenvalue weighted by Crippen LogP contribution is 2.20. The van der Waals surface area contributed by atoms with E-state index in [2.05, 4.69) is 0 Å². The van der Waals surface area contributed by atoms with E-state index in [0.29, 0.717) is 0 Å². The van der Waals surface area contributed by atoms with Gasteiger partial charge in [-0.3, -0.25) is 0 Å². The van der Waals surface area contributed by atoms with Gasteiger partial charge in [-0.2, -0.15) is 5.26 Å². The standard InChI is InChI=1S/C15H17NO5/c1-4-19-14(17)11-6-12(15(18)20-5-2)8-13(7-11)21-10(3)9-16/h6-8,10H,4-5H2,1-3H3/t10-/m0/s1. The molecule has 0 unspecified atom stereocenters. The van der Waals surface area contributed by atoms with Crippen molar-refractivity contribution in [1.29, 1.82) is 5.26 Å². The predicted molar refractivity (Wildman–Crippen MR) is 74.1 cm³/mol. The Morgan fingerprint density at radius 2 is 1.57 bits per heavy atom. The van der Waals surface area contributed by atoms with Gasteiger partial charge in [0.15, 0.2) is 6.10 Å².